The smallest absolute Gasteiger partial charge is 0.214 e. The average molecular weight is 235 g/mol. The largest absolute Gasteiger partial charge is 0.312 e. The van der Waals surface area contributed by atoms with E-state index in [4.69, 9.17) is 0 Å². The molecule has 1 rings (SSSR count). The molecule has 0 bridgehead atoms. The minimum absolute atomic E-state index is 0.0695. The Labute approximate surface area is 103 Å². The summed E-state index contributed by atoms with van der Waals surface area (Å²) in [4.78, 5) is 16.9. The molecule has 0 fully saturated rings. The Hall–Kier alpha value is -1.42. The van der Waals surface area contributed by atoms with Gasteiger partial charge in [0.25, 0.3) is 0 Å². The number of aromatic nitrogens is 1. The summed E-state index contributed by atoms with van der Waals surface area (Å²) in [5.74, 6) is 0. The summed E-state index contributed by atoms with van der Waals surface area (Å²) in [7, 11) is 0. The van der Waals surface area contributed by atoms with Gasteiger partial charge in [-0.1, -0.05) is 0 Å². The normalized spacial score (nSPS) is 11.3. The van der Waals surface area contributed by atoms with Gasteiger partial charge in [-0.15, -0.1) is 0 Å². The van der Waals surface area contributed by atoms with Crippen LogP contribution in [-0.2, 0) is 4.79 Å². The number of carbonyl (C=O) groups is 1. The van der Waals surface area contributed by atoms with Gasteiger partial charge < -0.3 is 10.2 Å². The van der Waals surface area contributed by atoms with Gasteiger partial charge in [0, 0.05) is 24.3 Å². The third kappa shape index (κ3) is 4.95. The zero-order valence-electron chi connectivity index (χ0n) is 11.0. The zero-order chi connectivity index (χ0) is 12.9. The second-order valence-electron chi connectivity index (χ2n) is 5.13. The summed E-state index contributed by atoms with van der Waals surface area (Å²) in [6, 6.07) is 3.82. The minimum atomic E-state index is 0.0695. The lowest BCUT2D eigenvalue weighted by Gasteiger charge is -2.23. The van der Waals surface area contributed by atoms with E-state index >= 15 is 0 Å². The summed E-state index contributed by atoms with van der Waals surface area (Å²) < 4.78 is 0. The molecule has 4 heteroatoms. The number of aryl methyl sites for hydroxylation is 1. The monoisotopic (exact) mass is 235 g/mol. The van der Waals surface area contributed by atoms with Gasteiger partial charge in [-0.2, -0.15) is 0 Å². The van der Waals surface area contributed by atoms with Gasteiger partial charge in [-0.3, -0.25) is 9.78 Å². The molecule has 0 unspecified atom stereocenters. The number of anilines is 1. The molecule has 94 valence electrons. The van der Waals surface area contributed by atoms with Crippen molar-refractivity contribution in [3.63, 3.8) is 0 Å². The predicted molar refractivity (Wildman–Crippen MR) is 70.1 cm³/mol. The summed E-state index contributed by atoms with van der Waals surface area (Å²) in [6.45, 7) is 9.64. The van der Waals surface area contributed by atoms with Crippen LogP contribution in [-0.4, -0.2) is 30.0 Å². The van der Waals surface area contributed by atoms with Gasteiger partial charge in [-0.05, 0) is 39.8 Å². The van der Waals surface area contributed by atoms with E-state index < -0.39 is 0 Å². The molecule has 1 aromatic rings. The summed E-state index contributed by atoms with van der Waals surface area (Å²) in [5.41, 5.74) is 1.86. The highest BCUT2D eigenvalue weighted by Gasteiger charge is 2.10. The Morgan fingerprint density at radius 1 is 1.41 bits per heavy atom. The van der Waals surface area contributed by atoms with Gasteiger partial charge in [0.2, 0.25) is 6.41 Å². The number of hydrogen-bond donors (Lipinski definition) is 1. The molecule has 0 atom stereocenters. The molecule has 1 amide bonds. The van der Waals surface area contributed by atoms with Crippen molar-refractivity contribution in [2.24, 2.45) is 0 Å². The molecule has 0 aliphatic rings. The number of amides is 1. The van der Waals surface area contributed by atoms with E-state index in [0.29, 0.717) is 6.54 Å². The van der Waals surface area contributed by atoms with Crippen LogP contribution in [0.25, 0.3) is 0 Å². The van der Waals surface area contributed by atoms with E-state index in [9.17, 15) is 4.79 Å². The number of nitrogens with zero attached hydrogens (tertiary/aromatic N) is 2. The van der Waals surface area contributed by atoms with E-state index in [2.05, 4.69) is 31.1 Å². The number of pyridine rings is 1. The lowest BCUT2D eigenvalue weighted by molar-refractivity contribution is -0.107. The maximum atomic E-state index is 11.0. The van der Waals surface area contributed by atoms with Crippen molar-refractivity contribution in [1.29, 1.82) is 0 Å². The average Bonchev–Trinajstić information content (AvgIpc) is 2.24. The fourth-order valence-electron chi connectivity index (χ4n) is 1.42. The van der Waals surface area contributed by atoms with E-state index in [1.807, 2.05) is 19.1 Å². The van der Waals surface area contributed by atoms with Gasteiger partial charge in [0.1, 0.15) is 0 Å². The van der Waals surface area contributed by atoms with Crippen molar-refractivity contribution >= 4 is 12.1 Å². The summed E-state index contributed by atoms with van der Waals surface area (Å²) in [6.07, 6.45) is 2.57. The lowest BCUT2D eigenvalue weighted by atomic mass is 10.1. The van der Waals surface area contributed by atoms with Crippen LogP contribution in [0.15, 0.2) is 18.3 Å². The lowest BCUT2D eigenvalue weighted by Crippen LogP contribution is -2.41. The van der Waals surface area contributed by atoms with Crippen molar-refractivity contribution in [1.82, 2.24) is 10.3 Å². The Morgan fingerprint density at radius 2 is 2.12 bits per heavy atom. The Morgan fingerprint density at radius 3 is 2.59 bits per heavy atom. The van der Waals surface area contributed by atoms with Crippen LogP contribution in [0.2, 0.25) is 0 Å². The summed E-state index contributed by atoms with van der Waals surface area (Å²) in [5, 5.41) is 3.35. The molecule has 0 radical (unpaired) electrons. The standard InChI is InChI=1S/C13H21N3O/c1-11-5-6-12(9-14-11)16(10-17)8-7-15-13(2,3)4/h5-6,9-10,15H,7-8H2,1-4H3. The Bertz CT molecular complexity index is 354. The van der Waals surface area contributed by atoms with E-state index in [-0.39, 0.29) is 5.54 Å². The second-order valence-corrected chi connectivity index (χ2v) is 5.13. The van der Waals surface area contributed by atoms with Gasteiger partial charge in [0.05, 0.1) is 11.9 Å². The van der Waals surface area contributed by atoms with Crippen molar-refractivity contribution in [2.75, 3.05) is 18.0 Å². The molecular weight excluding hydrogens is 214 g/mol. The van der Waals surface area contributed by atoms with Gasteiger partial charge in [-0.25, -0.2) is 0 Å². The highest BCUT2D eigenvalue weighted by atomic mass is 16.1. The predicted octanol–water partition coefficient (Wildman–Crippen LogP) is 1.74. The van der Waals surface area contributed by atoms with Crippen molar-refractivity contribution < 1.29 is 4.79 Å². The first-order chi connectivity index (χ1) is 7.92. The number of carbonyl (C=O) groups excluding carboxylic acids is 1. The molecule has 1 aromatic heterocycles. The molecule has 0 saturated carbocycles. The van der Waals surface area contributed by atoms with Crippen molar-refractivity contribution in [2.45, 2.75) is 33.2 Å². The van der Waals surface area contributed by atoms with Crippen LogP contribution in [0.4, 0.5) is 5.69 Å². The minimum Gasteiger partial charge on any atom is -0.312 e. The molecule has 0 aliphatic carbocycles. The topological polar surface area (TPSA) is 45.2 Å². The highest BCUT2D eigenvalue weighted by molar-refractivity contribution is 5.74. The molecule has 0 spiro atoms. The number of nitrogens with one attached hydrogen (secondary N) is 1. The van der Waals surface area contributed by atoms with Crippen molar-refractivity contribution in [3.8, 4) is 0 Å². The SMILES string of the molecule is Cc1ccc(N(C=O)CCNC(C)(C)C)cn1. The fourth-order valence-corrected chi connectivity index (χ4v) is 1.42. The quantitative estimate of drug-likeness (QED) is 0.791. The third-order valence-electron chi connectivity index (χ3n) is 2.36. The van der Waals surface area contributed by atoms with Crippen LogP contribution in [0.1, 0.15) is 26.5 Å². The molecule has 1 N–H and O–H groups in total. The van der Waals surface area contributed by atoms with Gasteiger partial charge in [0.15, 0.2) is 0 Å². The van der Waals surface area contributed by atoms with Crippen molar-refractivity contribution in [3.05, 3.63) is 24.0 Å². The molecule has 1 heterocycles. The first kappa shape index (κ1) is 13.6. The van der Waals surface area contributed by atoms with Crippen LogP contribution >= 0.6 is 0 Å². The van der Waals surface area contributed by atoms with Crippen LogP contribution in [0.3, 0.4) is 0 Å². The molecule has 0 saturated heterocycles. The fraction of sp³-hybridized carbons (Fsp3) is 0.538. The maximum Gasteiger partial charge on any atom is 0.214 e. The second kappa shape index (κ2) is 5.77. The van der Waals surface area contributed by atoms with E-state index in [0.717, 1.165) is 24.3 Å². The zero-order valence-corrected chi connectivity index (χ0v) is 11.0. The molecule has 0 aliphatic heterocycles. The highest BCUT2D eigenvalue weighted by Crippen LogP contribution is 2.10. The van der Waals surface area contributed by atoms with Crippen LogP contribution < -0.4 is 10.2 Å². The summed E-state index contributed by atoms with van der Waals surface area (Å²) >= 11 is 0. The maximum absolute atomic E-state index is 11.0. The Balaban J connectivity index is 2.54. The molecule has 17 heavy (non-hydrogen) atoms. The molecular formula is C13H21N3O. The van der Waals surface area contributed by atoms with E-state index in [1.165, 1.54) is 0 Å². The third-order valence-corrected chi connectivity index (χ3v) is 2.36. The molecule has 4 nitrogen and oxygen atoms in total. The van der Waals surface area contributed by atoms with E-state index in [1.54, 1.807) is 11.1 Å². The first-order valence-electron chi connectivity index (χ1n) is 5.82. The molecule has 0 aromatic carbocycles. The number of rotatable bonds is 5. The van der Waals surface area contributed by atoms with Gasteiger partial charge >= 0.3 is 0 Å². The Kier molecular flexibility index (Phi) is 4.63. The van der Waals surface area contributed by atoms with Crippen LogP contribution in [0, 0.1) is 6.92 Å². The number of hydrogen-bond acceptors (Lipinski definition) is 3. The first-order valence-corrected chi connectivity index (χ1v) is 5.82. The van der Waals surface area contributed by atoms with Crippen LogP contribution in [0.5, 0.6) is 0 Å².